The zero-order valence-electron chi connectivity index (χ0n) is 14.3. The molecular weight excluding hydrogens is 335 g/mol. The Morgan fingerprint density at radius 2 is 1.85 bits per heavy atom. The van der Waals surface area contributed by atoms with E-state index >= 15 is 0 Å². The molecule has 1 saturated heterocycles. The fourth-order valence-electron chi connectivity index (χ4n) is 4.27. The highest BCUT2D eigenvalue weighted by Gasteiger charge is 2.54. The van der Waals surface area contributed by atoms with E-state index in [0.717, 1.165) is 11.3 Å². The number of para-hydroxylation sites is 1. The molecule has 0 unspecified atom stereocenters. The van der Waals surface area contributed by atoms with Gasteiger partial charge < -0.3 is 14.9 Å². The lowest BCUT2D eigenvalue weighted by Crippen LogP contribution is -2.70. The third-order valence-corrected chi connectivity index (χ3v) is 5.39. The smallest absolute Gasteiger partial charge is 0.258 e. The monoisotopic (exact) mass is 354 g/mol. The maximum atomic E-state index is 13.2. The third kappa shape index (κ3) is 2.41. The Hall–Kier alpha value is -2.73. The quantitative estimate of drug-likeness (QED) is 0.899. The molecule has 1 fully saturated rings. The summed E-state index contributed by atoms with van der Waals surface area (Å²) in [7, 11) is 0. The van der Waals surface area contributed by atoms with E-state index in [9.17, 15) is 19.1 Å². The first kappa shape index (κ1) is 16.7. The first-order chi connectivity index (χ1) is 12.5. The second-order valence-electron chi connectivity index (χ2n) is 6.75. The summed E-state index contributed by atoms with van der Waals surface area (Å²) in [6.07, 6.45) is 0. The van der Waals surface area contributed by atoms with Gasteiger partial charge in [-0.1, -0.05) is 18.2 Å². The summed E-state index contributed by atoms with van der Waals surface area (Å²) < 4.78 is 13.2. The molecule has 0 saturated carbocycles. The number of benzene rings is 2. The Morgan fingerprint density at radius 3 is 2.50 bits per heavy atom. The minimum Gasteiger partial charge on any atom is -0.394 e. The van der Waals surface area contributed by atoms with Crippen molar-refractivity contribution in [3.05, 3.63) is 65.5 Å². The first-order valence-electron chi connectivity index (χ1n) is 8.59. The van der Waals surface area contributed by atoms with Gasteiger partial charge in [-0.3, -0.25) is 9.59 Å². The van der Waals surface area contributed by atoms with Gasteiger partial charge in [0.1, 0.15) is 5.82 Å². The Kier molecular flexibility index (Phi) is 4.00. The Bertz CT molecular complexity index is 868. The van der Waals surface area contributed by atoms with Crippen molar-refractivity contribution in [2.24, 2.45) is 0 Å². The van der Waals surface area contributed by atoms with Crippen molar-refractivity contribution in [3.63, 3.8) is 0 Å². The second kappa shape index (κ2) is 6.21. The largest absolute Gasteiger partial charge is 0.394 e. The number of anilines is 1. The Morgan fingerprint density at radius 1 is 1.15 bits per heavy atom. The Labute approximate surface area is 150 Å². The number of nitrogens with zero attached hydrogens (tertiary/aromatic N) is 2. The van der Waals surface area contributed by atoms with Gasteiger partial charge in [0.25, 0.3) is 5.91 Å². The number of aliphatic hydroxyl groups excluding tert-OH is 1. The minimum absolute atomic E-state index is 0.0115. The first-order valence-corrected chi connectivity index (χ1v) is 8.59. The number of hydrogen-bond acceptors (Lipinski definition) is 3. The van der Waals surface area contributed by atoms with Crippen LogP contribution in [0.15, 0.2) is 48.5 Å². The van der Waals surface area contributed by atoms with Gasteiger partial charge in [-0.2, -0.15) is 0 Å². The molecule has 2 aromatic carbocycles. The van der Waals surface area contributed by atoms with E-state index < -0.39 is 5.82 Å². The molecule has 2 aliphatic heterocycles. The highest BCUT2D eigenvalue weighted by Crippen LogP contribution is 2.48. The number of aliphatic hydroxyl groups is 1. The summed E-state index contributed by atoms with van der Waals surface area (Å²) in [6, 6.07) is 12.6. The number of rotatable bonds is 2. The van der Waals surface area contributed by atoms with Gasteiger partial charge in [-0.15, -0.1) is 0 Å². The predicted octanol–water partition coefficient (Wildman–Crippen LogP) is 2.16. The van der Waals surface area contributed by atoms with Gasteiger partial charge in [-0.25, -0.2) is 4.39 Å². The normalized spacial score (nSPS) is 23.7. The van der Waals surface area contributed by atoms with Gasteiger partial charge in [0.2, 0.25) is 5.91 Å². The van der Waals surface area contributed by atoms with Crippen LogP contribution in [0.4, 0.5) is 10.1 Å². The highest BCUT2D eigenvalue weighted by atomic mass is 19.1. The topological polar surface area (TPSA) is 60.9 Å². The lowest BCUT2D eigenvalue weighted by Gasteiger charge is -2.58. The van der Waals surface area contributed by atoms with Crippen LogP contribution in [-0.2, 0) is 4.79 Å². The summed E-state index contributed by atoms with van der Waals surface area (Å²) in [5.74, 6) is -0.726. The molecule has 26 heavy (non-hydrogen) atoms. The zero-order chi connectivity index (χ0) is 18.4. The van der Waals surface area contributed by atoms with E-state index in [-0.39, 0.29) is 36.4 Å². The molecule has 0 aromatic heterocycles. The van der Waals surface area contributed by atoms with Gasteiger partial charge in [0, 0.05) is 30.6 Å². The number of fused-ring (bicyclic) bond motifs is 3. The average molecular weight is 354 g/mol. The highest BCUT2D eigenvalue weighted by molar-refractivity contribution is 6.07. The fourth-order valence-corrected chi connectivity index (χ4v) is 4.27. The summed E-state index contributed by atoms with van der Waals surface area (Å²) in [5, 5.41) is 9.74. The number of carbonyl (C=O) groups excluding carboxylic acids is 2. The van der Waals surface area contributed by atoms with Crippen LogP contribution >= 0.6 is 0 Å². The minimum atomic E-state index is -0.395. The van der Waals surface area contributed by atoms with E-state index in [0.29, 0.717) is 12.1 Å². The van der Waals surface area contributed by atoms with Gasteiger partial charge in [0.15, 0.2) is 0 Å². The standard InChI is InChI=1S/C20H19FN2O3/c1-12(25)23-17-10-22(20(26)13-6-8-14(21)9-7-13)16-5-3-2-4-15(16)19(17)18(23)11-24/h2-9,17-19,24H,10-11H2,1H3/t17-,18-,19+/m1/s1. The van der Waals surface area contributed by atoms with Crippen LogP contribution < -0.4 is 4.90 Å². The van der Waals surface area contributed by atoms with Crippen molar-refractivity contribution < 1.29 is 19.1 Å². The molecule has 2 amide bonds. The molecule has 0 radical (unpaired) electrons. The van der Waals surface area contributed by atoms with Crippen molar-refractivity contribution >= 4 is 17.5 Å². The summed E-state index contributed by atoms with van der Waals surface area (Å²) in [5.41, 5.74) is 2.13. The van der Waals surface area contributed by atoms with Crippen molar-refractivity contribution in [1.29, 1.82) is 0 Å². The van der Waals surface area contributed by atoms with Crippen LogP contribution in [-0.4, -0.2) is 47.1 Å². The molecule has 0 bridgehead atoms. The summed E-state index contributed by atoms with van der Waals surface area (Å²) >= 11 is 0. The molecule has 2 aromatic rings. The number of halogens is 1. The maximum Gasteiger partial charge on any atom is 0.258 e. The summed E-state index contributed by atoms with van der Waals surface area (Å²) in [6.45, 7) is 1.72. The summed E-state index contributed by atoms with van der Waals surface area (Å²) in [4.78, 5) is 28.3. The molecule has 4 rings (SSSR count). The SMILES string of the molecule is CC(=O)N1[C@H](CO)[C@H]2c3ccccc3N(C(=O)c3ccc(F)cc3)C[C@H]21. The van der Waals surface area contributed by atoms with E-state index in [4.69, 9.17) is 0 Å². The molecule has 2 heterocycles. The average Bonchev–Trinajstić information content (AvgIpc) is 2.62. The van der Waals surface area contributed by atoms with Crippen molar-refractivity contribution in [2.45, 2.75) is 24.9 Å². The Balaban J connectivity index is 1.74. The maximum absolute atomic E-state index is 13.2. The van der Waals surface area contributed by atoms with Crippen LogP contribution in [0.1, 0.15) is 28.8 Å². The lowest BCUT2D eigenvalue weighted by atomic mass is 9.72. The number of amides is 2. The second-order valence-corrected chi connectivity index (χ2v) is 6.75. The molecule has 0 aliphatic carbocycles. The van der Waals surface area contributed by atoms with Gasteiger partial charge in [-0.05, 0) is 35.9 Å². The van der Waals surface area contributed by atoms with Crippen LogP contribution in [0.3, 0.4) is 0 Å². The van der Waals surface area contributed by atoms with E-state index in [1.54, 1.807) is 9.80 Å². The molecule has 2 aliphatic rings. The van der Waals surface area contributed by atoms with Gasteiger partial charge in [0.05, 0.1) is 18.7 Å². The lowest BCUT2D eigenvalue weighted by molar-refractivity contribution is -0.147. The molecule has 1 N–H and O–H groups in total. The number of carbonyl (C=O) groups is 2. The van der Waals surface area contributed by atoms with Crippen molar-refractivity contribution in [2.75, 3.05) is 18.1 Å². The van der Waals surface area contributed by atoms with E-state index in [1.807, 2.05) is 24.3 Å². The molecule has 134 valence electrons. The predicted molar refractivity (Wildman–Crippen MR) is 94.4 cm³/mol. The van der Waals surface area contributed by atoms with Crippen molar-refractivity contribution in [1.82, 2.24) is 4.90 Å². The molecule has 3 atom stereocenters. The van der Waals surface area contributed by atoms with Crippen molar-refractivity contribution in [3.8, 4) is 0 Å². The molecule has 0 spiro atoms. The van der Waals surface area contributed by atoms with Gasteiger partial charge >= 0.3 is 0 Å². The molecule has 5 nitrogen and oxygen atoms in total. The molecular formula is C20H19FN2O3. The number of hydrogen-bond donors (Lipinski definition) is 1. The van der Waals surface area contributed by atoms with Crippen LogP contribution in [0.25, 0.3) is 0 Å². The fraction of sp³-hybridized carbons (Fsp3) is 0.300. The van der Waals surface area contributed by atoms with Crippen LogP contribution in [0.5, 0.6) is 0 Å². The molecule has 6 heteroatoms. The van der Waals surface area contributed by atoms with E-state index in [2.05, 4.69) is 0 Å². The van der Waals surface area contributed by atoms with E-state index in [1.165, 1.54) is 31.2 Å². The third-order valence-electron chi connectivity index (χ3n) is 5.39. The van der Waals surface area contributed by atoms with Crippen LogP contribution in [0, 0.1) is 5.82 Å². The van der Waals surface area contributed by atoms with Crippen LogP contribution in [0.2, 0.25) is 0 Å². The number of likely N-dealkylation sites (tertiary alicyclic amines) is 1. The zero-order valence-corrected chi connectivity index (χ0v) is 14.3.